The lowest BCUT2D eigenvalue weighted by Crippen LogP contribution is -2.41. The van der Waals surface area contributed by atoms with Gasteiger partial charge >= 0.3 is 0 Å². The highest BCUT2D eigenvalue weighted by molar-refractivity contribution is 4.96. The Morgan fingerprint density at radius 3 is 2.32 bits per heavy atom. The minimum atomic E-state index is 0.198. The van der Waals surface area contributed by atoms with Crippen molar-refractivity contribution in [3.05, 3.63) is 12.2 Å². The molecule has 0 saturated heterocycles. The van der Waals surface area contributed by atoms with Crippen molar-refractivity contribution in [1.29, 1.82) is 0 Å². The summed E-state index contributed by atoms with van der Waals surface area (Å²) in [5, 5.41) is 7.91. The lowest BCUT2D eigenvalue weighted by Gasteiger charge is -2.35. The summed E-state index contributed by atoms with van der Waals surface area (Å²) in [6.45, 7) is 16.6. The van der Waals surface area contributed by atoms with Gasteiger partial charge in [-0.15, -0.1) is 0 Å². The number of hydrogen-bond donors (Lipinski definition) is 1. The Morgan fingerprint density at radius 2 is 1.84 bits per heavy atom. The molecule has 4 heteroatoms. The van der Waals surface area contributed by atoms with E-state index in [1.807, 2.05) is 4.68 Å². The second kappa shape index (κ2) is 6.51. The molecule has 1 N–H and O–H groups in total. The Labute approximate surface area is 118 Å². The van der Waals surface area contributed by atoms with Crippen molar-refractivity contribution in [2.45, 2.75) is 67.0 Å². The molecule has 0 fully saturated rings. The molecule has 1 unspecified atom stereocenters. The predicted octanol–water partition coefficient (Wildman–Crippen LogP) is 3.06. The number of rotatable bonds is 7. The second-order valence-corrected chi connectivity index (χ2v) is 6.74. The van der Waals surface area contributed by atoms with Crippen molar-refractivity contribution >= 4 is 0 Å². The van der Waals surface area contributed by atoms with E-state index in [2.05, 4.69) is 63.9 Å². The van der Waals surface area contributed by atoms with Gasteiger partial charge < -0.3 is 5.32 Å². The van der Waals surface area contributed by atoms with Gasteiger partial charge in [-0.1, -0.05) is 34.6 Å². The van der Waals surface area contributed by atoms with Crippen molar-refractivity contribution in [1.82, 2.24) is 20.1 Å². The number of nitrogens with one attached hydrogen (secondary N) is 1. The Kier molecular flexibility index (Phi) is 5.53. The summed E-state index contributed by atoms with van der Waals surface area (Å²) in [6, 6.07) is 0.882. The molecule has 0 aliphatic heterocycles. The van der Waals surface area contributed by atoms with Crippen molar-refractivity contribution in [3.63, 3.8) is 0 Å². The average Bonchev–Trinajstić information content (AvgIpc) is 2.74. The molecule has 0 aliphatic rings. The zero-order valence-corrected chi connectivity index (χ0v) is 13.6. The summed E-state index contributed by atoms with van der Waals surface area (Å²) in [5.74, 6) is 1.69. The van der Waals surface area contributed by atoms with Crippen LogP contribution >= 0.6 is 0 Å². The van der Waals surface area contributed by atoms with Crippen LogP contribution in [0.5, 0.6) is 0 Å². The summed E-state index contributed by atoms with van der Waals surface area (Å²) in [7, 11) is 0. The molecule has 19 heavy (non-hydrogen) atoms. The van der Waals surface area contributed by atoms with Crippen molar-refractivity contribution in [2.24, 2.45) is 11.3 Å². The molecule has 0 saturated carbocycles. The maximum atomic E-state index is 4.46. The van der Waals surface area contributed by atoms with Crippen molar-refractivity contribution < 1.29 is 0 Å². The molecule has 1 heterocycles. The summed E-state index contributed by atoms with van der Waals surface area (Å²) in [6.07, 6.45) is 2.63. The molecule has 0 aliphatic carbocycles. The summed E-state index contributed by atoms with van der Waals surface area (Å²) in [4.78, 5) is 4.46. The van der Waals surface area contributed by atoms with Crippen LogP contribution in [-0.4, -0.2) is 27.4 Å². The van der Waals surface area contributed by atoms with E-state index in [-0.39, 0.29) is 5.41 Å². The van der Waals surface area contributed by atoms with Gasteiger partial charge in [-0.2, -0.15) is 5.10 Å². The van der Waals surface area contributed by atoms with E-state index < -0.39 is 0 Å². The first-order chi connectivity index (χ1) is 8.76. The maximum Gasteiger partial charge on any atom is 0.138 e. The standard InChI is InChI=1S/C15H30N4/c1-11(2)15(7,9-16-12(3)4)8-14-17-10-18-19(14)13(5)6/h10-13,16H,8-9H2,1-7H3. The SMILES string of the molecule is CC(C)NCC(C)(Cc1ncnn1C(C)C)C(C)C. The summed E-state index contributed by atoms with van der Waals surface area (Å²) >= 11 is 0. The lowest BCUT2D eigenvalue weighted by molar-refractivity contribution is 0.194. The van der Waals surface area contributed by atoms with Crippen LogP contribution < -0.4 is 5.32 Å². The third-order valence-corrected chi connectivity index (χ3v) is 4.01. The van der Waals surface area contributed by atoms with Crippen LogP contribution in [0.1, 0.15) is 60.3 Å². The van der Waals surface area contributed by atoms with Gasteiger partial charge in [0.25, 0.3) is 0 Å². The van der Waals surface area contributed by atoms with Gasteiger partial charge in [0.1, 0.15) is 12.2 Å². The Morgan fingerprint density at radius 1 is 1.21 bits per heavy atom. The van der Waals surface area contributed by atoms with E-state index in [0.29, 0.717) is 18.0 Å². The molecule has 0 aromatic carbocycles. The predicted molar refractivity (Wildman–Crippen MR) is 80.2 cm³/mol. The number of hydrogen-bond acceptors (Lipinski definition) is 3. The van der Waals surface area contributed by atoms with E-state index in [4.69, 9.17) is 0 Å². The average molecular weight is 266 g/mol. The monoisotopic (exact) mass is 266 g/mol. The molecule has 110 valence electrons. The molecule has 1 atom stereocenters. The molecule has 1 aromatic heterocycles. The first-order valence-corrected chi connectivity index (χ1v) is 7.38. The molecular weight excluding hydrogens is 236 g/mol. The fourth-order valence-electron chi connectivity index (χ4n) is 2.10. The van der Waals surface area contributed by atoms with Crippen LogP contribution in [0.15, 0.2) is 6.33 Å². The Bertz CT molecular complexity index is 381. The van der Waals surface area contributed by atoms with Crippen LogP contribution in [0.3, 0.4) is 0 Å². The normalized spacial score (nSPS) is 15.5. The van der Waals surface area contributed by atoms with Crippen LogP contribution in [0.4, 0.5) is 0 Å². The fourth-order valence-corrected chi connectivity index (χ4v) is 2.10. The molecule has 4 nitrogen and oxygen atoms in total. The molecule has 0 bridgehead atoms. The highest BCUT2D eigenvalue weighted by Gasteiger charge is 2.30. The van der Waals surface area contributed by atoms with Gasteiger partial charge in [-0.3, -0.25) is 0 Å². The van der Waals surface area contributed by atoms with Gasteiger partial charge in [0.2, 0.25) is 0 Å². The third kappa shape index (κ3) is 4.30. The van der Waals surface area contributed by atoms with Gasteiger partial charge in [0.15, 0.2) is 0 Å². The van der Waals surface area contributed by atoms with Crippen molar-refractivity contribution in [3.8, 4) is 0 Å². The zero-order chi connectivity index (χ0) is 14.6. The van der Waals surface area contributed by atoms with E-state index in [1.54, 1.807) is 6.33 Å². The molecule has 1 aromatic rings. The Hall–Kier alpha value is -0.900. The molecule has 0 amide bonds. The largest absolute Gasteiger partial charge is 0.314 e. The maximum absolute atomic E-state index is 4.46. The number of nitrogens with zero attached hydrogens (tertiary/aromatic N) is 3. The fraction of sp³-hybridized carbons (Fsp3) is 0.867. The third-order valence-electron chi connectivity index (χ3n) is 4.01. The molecule has 0 spiro atoms. The Balaban J connectivity index is 2.86. The quantitative estimate of drug-likeness (QED) is 0.825. The minimum Gasteiger partial charge on any atom is -0.314 e. The van der Waals surface area contributed by atoms with Gasteiger partial charge in [0, 0.05) is 25.0 Å². The smallest absolute Gasteiger partial charge is 0.138 e. The van der Waals surface area contributed by atoms with Crippen LogP contribution in [0, 0.1) is 11.3 Å². The minimum absolute atomic E-state index is 0.198. The number of aromatic nitrogens is 3. The van der Waals surface area contributed by atoms with Gasteiger partial charge in [-0.05, 0) is 25.2 Å². The zero-order valence-electron chi connectivity index (χ0n) is 13.6. The van der Waals surface area contributed by atoms with E-state index in [1.165, 1.54) is 0 Å². The summed E-state index contributed by atoms with van der Waals surface area (Å²) < 4.78 is 2.04. The van der Waals surface area contributed by atoms with Crippen LogP contribution in [0.2, 0.25) is 0 Å². The molecule has 1 rings (SSSR count). The van der Waals surface area contributed by atoms with Gasteiger partial charge in [-0.25, -0.2) is 9.67 Å². The molecular formula is C15H30N4. The van der Waals surface area contributed by atoms with Crippen LogP contribution in [0.25, 0.3) is 0 Å². The molecule has 0 radical (unpaired) electrons. The highest BCUT2D eigenvalue weighted by atomic mass is 15.3. The topological polar surface area (TPSA) is 42.7 Å². The van der Waals surface area contributed by atoms with Crippen LogP contribution in [-0.2, 0) is 6.42 Å². The van der Waals surface area contributed by atoms with E-state index in [9.17, 15) is 0 Å². The van der Waals surface area contributed by atoms with Gasteiger partial charge in [0.05, 0.1) is 0 Å². The van der Waals surface area contributed by atoms with E-state index >= 15 is 0 Å². The van der Waals surface area contributed by atoms with Crippen molar-refractivity contribution in [2.75, 3.05) is 6.54 Å². The van der Waals surface area contributed by atoms with E-state index in [0.717, 1.165) is 18.8 Å². The lowest BCUT2D eigenvalue weighted by atomic mass is 9.76. The first kappa shape index (κ1) is 16.2. The second-order valence-electron chi connectivity index (χ2n) is 6.74. The highest BCUT2D eigenvalue weighted by Crippen LogP contribution is 2.30. The first-order valence-electron chi connectivity index (χ1n) is 7.38. The summed E-state index contributed by atoms with van der Waals surface area (Å²) in [5.41, 5.74) is 0.198.